The van der Waals surface area contributed by atoms with Gasteiger partial charge in [-0.2, -0.15) is 5.10 Å². The fourth-order valence-electron chi connectivity index (χ4n) is 3.97. The van der Waals surface area contributed by atoms with Crippen molar-refractivity contribution in [1.29, 1.82) is 0 Å². The van der Waals surface area contributed by atoms with Crippen LogP contribution >= 0.6 is 0 Å². The number of hydrogen-bond donors (Lipinski definition) is 2. The van der Waals surface area contributed by atoms with Gasteiger partial charge in [0.15, 0.2) is 0 Å². The van der Waals surface area contributed by atoms with E-state index >= 15 is 0 Å². The maximum absolute atomic E-state index is 13.2. The number of fused-ring (bicyclic) bond motifs is 1. The molecule has 0 bridgehead atoms. The Kier molecular flexibility index (Phi) is 6.16. The van der Waals surface area contributed by atoms with E-state index in [0.29, 0.717) is 31.1 Å². The van der Waals surface area contributed by atoms with Gasteiger partial charge >= 0.3 is 0 Å². The zero-order valence-corrected chi connectivity index (χ0v) is 18.8. The second-order valence-corrected chi connectivity index (χ2v) is 8.15. The summed E-state index contributed by atoms with van der Waals surface area (Å²) in [5.74, 6) is 1.69. The van der Waals surface area contributed by atoms with E-state index in [2.05, 4.69) is 15.5 Å². The summed E-state index contributed by atoms with van der Waals surface area (Å²) in [5.41, 5.74) is 4.50. The van der Waals surface area contributed by atoms with Crippen molar-refractivity contribution in [3.05, 3.63) is 90.3 Å². The standard InChI is InChI=1S/C27H25N3O4/c1-32-23-8-10-25-20(12-23)11-21(17-34-25)27(31)30-24-9-7-19(22-14-28-29-15-22)13-26(24)33-16-18-5-3-2-4-6-18/h2-10,12-15,21H,11,16-17H2,1H3,(H,28,29)(H,30,31)/t21-/m1/s1. The van der Waals surface area contributed by atoms with Crippen LogP contribution < -0.4 is 19.5 Å². The Balaban J connectivity index is 1.36. The van der Waals surface area contributed by atoms with Crippen LogP contribution in [0.15, 0.2) is 79.1 Å². The van der Waals surface area contributed by atoms with Crippen molar-refractivity contribution in [2.45, 2.75) is 13.0 Å². The molecule has 0 unspecified atom stereocenters. The van der Waals surface area contributed by atoms with Crippen LogP contribution in [0.2, 0.25) is 0 Å². The molecule has 172 valence electrons. The molecule has 7 nitrogen and oxygen atoms in total. The molecule has 0 saturated carbocycles. The number of nitrogens with zero attached hydrogens (tertiary/aromatic N) is 1. The first-order valence-electron chi connectivity index (χ1n) is 11.1. The Morgan fingerprint density at radius 2 is 2.00 bits per heavy atom. The van der Waals surface area contributed by atoms with Gasteiger partial charge in [-0.05, 0) is 53.4 Å². The average Bonchev–Trinajstić information content (AvgIpc) is 3.43. The second-order valence-electron chi connectivity index (χ2n) is 8.15. The molecule has 2 N–H and O–H groups in total. The molecule has 0 aliphatic carbocycles. The number of rotatable bonds is 7. The van der Waals surface area contributed by atoms with E-state index in [1.807, 2.05) is 72.9 Å². The average molecular weight is 456 g/mol. The lowest BCUT2D eigenvalue weighted by Gasteiger charge is -2.25. The van der Waals surface area contributed by atoms with Gasteiger partial charge in [0.05, 0.1) is 24.9 Å². The van der Waals surface area contributed by atoms with E-state index in [-0.39, 0.29) is 11.8 Å². The van der Waals surface area contributed by atoms with Crippen LogP contribution in [-0.2, 0) is 17.8 Å². The van der Waals surface area contributed by atoms with Crippen molar-refractivity contribution in [3.8, 4) is 28.4 Å². The third kappa shape index (κ3) is 4.73. The van der Waals surface area contributed by atoms with E-state index in [0.717, 1.165) is 33.8 Å². The van der Waals surface area contributed by atoms with Gasteiger partial charge in [-0.1, -0.05) is 36.4 Å². The molecule has 2 heterocycles. The molecule has 1 atom stereocenters. The van der Waals surface area contributed by atoms with Gasteiger partial charge in [-0.25, -0.2) is 0 Å². The largest absolute Gasteiger partial charge is 0.497 e. The molecule has 0 fully saturated rings. The third-order valence-electron chi connectivity index (χ3n) is 5.85. The molecule has 0 spiro atoms. The van der Waals surface area contributed by atoms with Gasteiger partial charge in [0.25, 0.3) is 0 Å². The summed E-state index contributed by atoms with van der Waals surface area (Å²) in [7, 11) is 1.62. The van der Waals surface area contributed by atoms with Crippen LogP contribution in [0.25, 0.3) is 11.1 Å². The molecule has 1 aliphatic rings. The third-order valence-corrected chi connectivity index (χ3v) is 5.85. The highest BCUT2D eigenvalue weighted by Gasteiger charge is 2.27. The summed E-state index contributed by atoms with van der Waals surface area (Å²) in [6.07, 6.45) is 4.14. The number of carbonyl (C=O) groups excluding carboxylic acids is 1. The van der Waals surface area contributed by atoms with Crippen LogP contribution in [0.3, 0.4) is 0 Å². The molecular weight excluding hydrogens is 430 g/mol. The Hall–Kier alpha value is -4.26. The number of nitrogens with one attached hydrogen (secondary N) is 2. The normalized spacial score (nSPS) is 14.6. The number of benzene rings is 3. The lowest BCUT2D eigenvalue weighted by molar-refractivity contribution is -0.121. The number of ether oxygens (including phenoxy) is 3. The molecule has 3 aromatic carbocycles. The number of hydrogen-bond acceptors (Lipinski definition) is 5. The summed E-state index contributed by atoms with van der Waals surface area (Å²) < 4.78 is 17.3. The molecule has 34 heavy (non-hydrogen) atoms. The van der Waals surface area contributed by atoms with E-state index < -0.39 is 0 Å². The van der Waals surface area contributed by atoms with Crippen LogP contribution in [0, 0.1) is 5.92 Å². The summed E-state index contributed by atoms with van der Waals surface area (Å²) >= 11 is 0. The maximum Gasteiger partial charge on any atom is 0.231 e. The fraction of sp³-hybridized carbons (Fsp3) is 0.185. The van der Waals surface area contributed by atoms with Gasteiger partial charge < -0.3 is 19.5 Å². The molecule has 4 aromatic rings. The lowest BCUT2D eigenvalue weighted by atomic mass is 9.95. The first-order valence-corrected chi connectivity index (χ1v) is 11.1. The van der Waals surface area contributed by atoms with Crippen molar-refractivity contribution in [3.63, 3.8) is 0 Å². The van der Waals surface area contributed by atoms with Gasteiger partial charge in [0.2, 0.25) is 5.91 Å². The van der Waals surface area contributed by atoms with E-state index in [9.17, 15) is 4.79 Å². The first kappa shape index (κ1) is 21.6. The van der Waals surface area contributed by atoms with Crippen molar-refractivity contribution in [2.24, 2.45) is 5.92 Å². The van der Waals surface area contributed by atoms with Gasteiger partial charge in [-0.3, -0.25) is 9.89 Å². The SMILES string of the molecule is COc1ccc2c(c1)C[C@@H](C(=O)Nc1ccc(-c3cn[nH]c3)cc1OCc1ccccc1)CO2. The summed E-state index contributed by atoms with van der Waals surface area (Å²) in [4.78, 5) is 13.2. The Morgan fingerprint density at radius 3 is 2.79 bits per heavy atom. The number of H-pyrrole nitrogens is 1. The number of aromatic amines is 1. The van der Waals surface area contributed by atoms with Gasteiger partial charge in [0, 0.05) is 11.8 Å². The van der Waals surface area contributed by atoms with Crippen LogP contribution in [-0.4, -0.2) is 29.8 Å². The molecule has 5 rings (SSSR count). The van der Waals surface area contributed by atoms with E-state index in [1.165, 1.54) is 0 Å². The van der Waals surface area contributed by atoms with E-state index in [4.69, 9.17) is 14.2 Å². The number of methoxy groups -OCH3 is 1. The van der Waals surface area contributed by atoms with Crippen molar-refractivity contribution < 1.29 is 19.0 Å². The molecule has 1 amide bonds. The number of amides is 1. The van der Waals surface area contributed by atoms with Crippen molar-refractivity contribution in [1.82, 2.24) is 10.2 Å². The van der Waals surface area contributed by atoms with Crippen molar-refractivity contribution >= 4 is 11.6 Å². The van der Waals surface area contributed by atoms with Crippen LogP contribution in [0.4, 0.5) is 5.69 Å². The Labute approximate surface area is 197 Å². The Bertz CT molecular complexity index is 1270. The summed E-state index contributed by atoms with van der Waals surface area (Å²) in [6.45, 7) is 0.705. The van der Waals surface area contributed by atoms with E-state index in [1.54, 1.807) is 13.3 Å². The molecule has 0 saturated heterocycles. The zero-order valence-electron chi connectivity index (χ0n) is 18.8. The molecule has 1 aromatic heterocycles. The molecular formula is C27H25N3O4. The molecule has 7 heteroatoms. The summed E-state index contributed by atoms with van der Waals surface area (Å²) in [5, 5.41) is 9.90. The predicted octanol–water partition coefficient (Wildman–Crippen LogP) is 4.85. The number of anilines is 1. The minimum Gasteiger partial charge on any atom is -0.497 e. The fourth-order valence-corrected chi connectivity index (χ4v) is 3.97. The quantitative estimate of drug-likeness (QED) is 0.416. The Morgan fingerprint density at radius 1 is 1.12 bits per heavy atom. The molecule has 1 aliphatic heterocycles. The monoisotopic (exact) mass is 455 g/mol. The van der Waals surface area contributed by atoms with Crippen LogP contribution in [0.5, 0.6) is 17.2 Å². The zero-order chi connectivity index (χ0) is 23.3. The highest BCUT2D eigenvalue weighted by Crippen LogP contribution is 2.34. The maximum atomic E-state index is 13.2. The van der Waals surface area contributed by atoms with Crippen molar-refractivity contribution in [2.75, 3.05) is 19.0 Å². The highest BCUT2D eigenvalue weighted by atomic mass is 16.5. The highest BCUT2D eigenvalue weighted by molar-refractivity contribution is 5.95. The number of aromatic nitrogens is 2. The minimum absolute atomic E-state index is 0.117. The topological polar surface area (TPSA) is 85.5 Å². The summed E-state index contributed by atoms with van der Waals surface area (Å²) in [6, 6.07) is 21.3. The predicted molar refractivity (Wildman–Crippen MR) is 129 cm³/mol. The van der Waals surface area contributed by atoms with Gasteiger partial charge in [0.1, 0.15) is 30.5 Å². The lowest BCUT2D eigenvalue weighted by Crippen LogP contribution is -2.32. The second kappa shape index (κ2) is 9.70. The van der Waals surface area contributed by atoms with Gasteiger partial charge in [-0.15, -0.1) is 0 Å². The molecule has 0 radical (unpaired) electrons. The number of carbonyl (C=O) groups is 1. The first-order chi connectivity index (χ1) is 16.7. The smallest absolute Gasteiger partial charge is 0.231 e. The minimum atomic E-state index is -0.324. The van der Waals surface area contributed by atoms with Crippen LogP contribution in [0.1, 0.15) is 11.1 Å².